The van der Waals surface area contributed by atoms with Crippen LogP contribution in [0.15, 0.2) is 54.7 Å². The van der Waals surface area contributed by atoms with E-state index in [0.717, 1.165) is 11.0 Å². The molecular formula is C20H18N4O3. The Morgan fingerprint density at radius 3 is 2.59 bits per heavy atom. The minimum atomic E-state index is -0.358. The Morgan fingerprint density at radius 1 is 1.07 bits per heavy atom. The molecule has 3 aromatic rings. The molecule has 1 aromatic heterocycles. The molecule has 0 spiro atoms. The molecule has 27 heavy (non-hydrogen) atoms. The summed E-state index contributed by atoms with van der Waals surface area (Å²) in [6.45, 7) is 1.41. The average Bonchev–Trinajstić information content (AvgIpc) is 2.66. The first-order valence-electron chi connectivity index (χ1n) is 8.21. The van der Waals surface area contributed by atoms with Gasteiger partial charge in [-0.25, -0.2) is 4.98 Å². The Bertz CT molecular complexity index is 1030. The molecule has 0 radical (unpaired) electrons. The van der Waals surface area contributed by atoms with Gasteiger partial charge in [0, 0.05) is 18.7 Å². The molecule has 0 unspecified atom stereocenters. The quantitative estimate of drug-likeness (QED) is 0.680. The molecule has 1 heterocycles. The number of hydrogen-bond acceptors (Lipinski definition) is 5. The number of nitrogens with zero attached hydrogens (tertiary/aromatic N) is 2. The van der Waals surface area contributed by atoms with Crippen LogP contribution in [0.25, 0.3) is 17.1 Å². The first-order valence-corrected chi connectivity index (χ1v) is 8.21. The normalized spacial score (nSPS) is 10.7. The lowest BCUT2D eigenvalue weighted by Crippen LogP contribution is -2.11. The van der Waals surface area contributed by atoms with Gasteiger partial charge in [-0.15, -0.1) is 0 Å². The second-order valence-electron chi connectivity index (χ2n) is 5.70. The van der Waals surface area contributed by atoms with Gasteiger partial charge in [-0.1, -0.05) is 12.1 Å². The number of rotatable bonds is 5. The Kier molecular flexibility index (Phi) is 5.41. The predicted molar refractivity (Wildman–Crippen MR) is 104 cm³/mol. The zero-order valence-corrected chi connectivity index (χ0v) is 14.9. The number of nitrogens with one attached hydrogen (secondary N) is 2. The third-order valence-electron chi connectivity index (χ3n) is 3.65. The van der Waals surface area contributed by atoms with Gasteiger partial charge in [-0.2, -0.15) is 0 Å². The third kappa shape index (κ3) is 4.66. The first kappa shape index (κ1) is 18.1. The standard InChI is InChI=1S/C20H18N4O3/c1-13(25)22-14-7-9-19(27-2)18(11-14)24-20(26)10-8-15-12-21-16-5-3-4-6-17(16)23-15/h3-12H,1-2H3,(H,22,25)(H,24,26)/b10-8+. The van der Waals surface area contributed by atoms with Gasteiger partial charge in [-0.3, -0.25) is 14.6 Å². The van der Waals surface area contributed by atoms with E-state index in [0.29, 0.717) is 22.8 Å². The number of methoxy groups -OCH3 is 1. The van der Waals surface area contributed by atoms with Crippen LogP contribution in [0, 0.1) is 0 Å². The molecule has 0 aliphatic heterocycles. The highest BCUT2D eigenvalue weighted by atomic mass is 16.5. The summed E-state index contributed by atoms with van der Waals surface area (Å²) in [6, 6.07) is 12.5. The molecule has 3 rings (SSSR count). The van der Waals surface area contributed by atoms with Crippen LogP contribution < -0.4 is 15.4 Å². The minimum absolute atomic E-state index is 0.202. The van der Waals surface area contributed by atoms with Crippen LogP contribution in [0.2, 0.25) is 0 Å². The Morgan fingerprint density at radius 2 is 1.85 bits per heavy atom. The smallest absolute Gasteiger partial charge is 0.248 e. The number of benzene rings is 2. The molecule has 136 valence electrons. The van der Waals surface area contributed by atoms with Gasteiger partial charge in [0.2, 0.25) is 11.8 Å². The Balaban J connectivity index is 1.75. The van der Waals surface area contributed by atoms with Crippen molar-refractivity contribution in [1.82, 2.24) is 9.97 Å². The topological polar surface area (TPSA) is 93.2 Å². The van der Waals surface area contributed by atoms with Crippen LogP contribution in [0.3, 0.4) is 0 Å². The van der Waals surface area contributed by atoms with Crippen LogP contribution in [-0.4, -0.2) is 28.9 Å². The van der Waals surface area contributed by atoms with Crippen molar-refractivity contribution in [2.45, 2.75) is 6.92 Å². The fraction of sp³-hybridized carbons (Fsp3) is 0.100. The summed E-state index contributed by atoms with van der Waals surface area (Å²) in [6.07, 6.45) is 4.55. The molecule has 0 saturated heterocycles. The molecule has 7 heteroatoms. The second-order valence-corrected chi connectivity index (χ2v) is 5.70. The Hall–Kier alpha value is -3.74. The molecule has 2 N–H and O–H groups in total. The summed E-state index contributed by atoms with van der Waals surface area (Å²) in [4.78, 5) is 32.2. The summed E-state index contributed by atoms with van der Waals surface area (Å²) in [7, 11) is 1.50. The number of carbonyl (C=O) groups is 2. The van der Waals surface area contributed by atoms with Crippen molar-refractivity contribution >= 4 is 40.3 Å². The minimum Gasteiger partial charge on any atom is -0.495 e. The van der Waals surface area contributed by atoms with Gasteiger partial charge in [0.1, 0.15) is 5.75 Å². The molecular weight excluding hydrogens is 344 g/mol. The van der Waals surface area contributed by atoms with Crippen molar-refractivity contribution in [3.63, 3.8) is 0 Å². The van der Waals surface area contributed by atoms with E-state index < -0.39 is 0 Å². The molecule has 0 atom stereocenters. The maximum absolute atomic E-state index is 12.3. The van der Waals surface area contributed by atoms with Crippen LogP contribution in [0.1, 0.15) is 12.6 Å². The van der Waals surface area contributed by atoms with Crippen LogP contribution in [-0.2, 0) is 9.59 Å². The number of amides is 2. The zero-order chi connectivity index (χ0) is 19.2. The van der Waals surface area contributed by atoms with Crippen molar-refractivity contribution in [1.29, 1.82) is 0 Å². The zero-order valence-electron chi connectivity index (χ0n) is 14.9. The lowest BCUT2D eigenvalue weighted by atomic mass is 10.2. The fourth-order valence-corrected chi connectivity index (χ4v) is 2.47. The monoisotopic (exact) mass is 362 g/mol. The molecule has 7 nitrogen and oxygen atoms in total. The van der Waals surface area contributed by atoms with E-state index in [9.17, 15) is 9.59 Å². The summed E-state index contributed by atoms with van der Waals surface area (Å²) in [5.74, 6) is -0.0770. The summed E-state index contributed by atoms with van der Waals surface area (Å²) >= 11 is 0. The fourth-order valence-electron chi connectivity index (χ4n) is 2.47. The summed E-state index contributed by atoms with van der Waals surface area (Å²) in [5.41, 5.74) is 3.12. The van der Waals surface area contributed by atoms with Gasteiger partial charge in [0.15, 0.2) is 0 Å². The molecule has 0 saturated carbocycles. The molecule has 0 aliphatic carbocycles. The first-order chi connectivity index (χ1) is 13.0. The number of para-hydroxylation sites is 2. The van der Waals surface area contributed by atoms with Gasteiger partial charge in [0.05, 0.1) is 35.7 Å². The highest BCUT2D eigenvalue weighted by Crippen LogP contribution is 2.27. The number of carbonyl (C=O) groups excluding carboxylic acids is 2. The molecule has 2 amide bonds. The van der Waals surface area contributed by atoms with Gasteiger partial charge in [0.25, 0.3) is 0 Å². The van der Waals surface area contributed by atoms with E-state index in [-0.39, 0.29) is 11.8 Å². The van der Waals surface area contributed by atoms with Crippen molar-refractivity contribution in [3.05, 3.63) is 60.4 Å². The van der Waals surface area contributed by atoms with Crippen LogP contribution in [0.4, 0.5) is 11.4 Å². The third-order valence-corrected chi connectivity index (χ3v) is 3.65. The predicted octanol–water partition coefficient (Wildman–Crippen LogP) is 3.25. The number of ether oxygens (including phenoxy) is 1. The van der Waals surface area contributed by atoms with E-state index in [1.807, 2.05) is 24.3 Å². The number of fused-ring (bicyclic) bond motifs is 1. The average molecular weight is 362 g/mol. The van der Waals surface area contributed by atoms with Crippen molar-refractivity contribution in [2.24, 2.45) is 0 Å². The van der Waals surface area contributed by atoms with E-state index in [1.54, 1.807) is 30.5 Å². The SMILES string of the molecule is COc1ccc(NC(C)=O)cc1NC(=O)/C=C/c1cnc2ccccc2n1. The summed E-state index contributed by atoms with van der Waals surface area (Å²) in [5, 5.41) is 5.39. The molecule has 0 aliphatic rings. The Labute approximate surface area is 156 Å². The van der Waals surface area contributed by atoms with Gasteiger partial charge < -0.3 is 15.4 Å². The van der Waals surface area contributed by atoms with Crippen LogP contribution in [0.5, 0.6) is 5.75 Å². The summed E-state index contributed by atoms with van der Waals surface area (Å²) < 4.78 is 5.24. The largest absolute Gasteiger partial charge is 0.495 e. The van der Waals surface area contributed by atoms with Crippen LogP contribution >= 0.6 is 0 Å². The van der Waals surface area contributed by atoms with E-state index >= 15 is 0 Å². The lowest BCUT2D eigenvalue weighted by Gasteiger charge is -2.11. The van der Waals surface area contributed by atoms with Crippen molar-refractivity contribution < 1.29 is 14.3 Å². The van der Waals surface area contributed by atoms with Crippen molar-refractivity contribution in [2.75, 3.05) is 17.7 Å². The highest BCUT2D eigenvalue weighted by molar-refractivity contribution is 6.03. The highest BCUT2D eigenvalue weighted by Gasteiger charge is 2.08. The lowest BCUT2D eigenvalue weighted by molar-refractivity contribution is -0.114. The number of hydrogen-bond donors (Lipinski definition) is 2. The molecule has 2 aromatic carbocycles. The second kappa shape index (κ2) is 8.09. The molecule has 0 bridgehead atoms. The molecule has 0 fully saturated rings. The van der Waals surface area contributed by atoms with E-state index in [4.69, 9.17) is 4.74 Å². The van der Waals surface area contributed by atoms with Gasteiger partial charge in [-0.05, 0) is 36.4 Å². The number of aromatic nitrogens is 2. The van der Waals surface area contributed by atoms with E-state index in [2.05, 4.69) is 20.6 Å². The maximum atomic E-state index is 12.3. The van der Waals surface area contributed by atoms with E-state index in [1.165, 1.54) is 20.1 Å². The maximum Gasteiger partial charge on any atom is 0.248 e. The number of anilines is 2. The van der Waals surface area contributed by atoms with Gasteiger partial charge >= 0.3 is 0 Å². The van der Waals surface area contributed by atoms with Crippen molar-refractivity contribution in [3.8, 4) is 5.75 Å².